The van der Waals surface area contributed by atoms with Crippen molar-refractivity contribution in [3.8, 4) is 11.1 Å². The molecule has 0 saturated heterocycles. The number of halogens is 1. The van der Waals surface area contributed by atoms with E-state index in [9.17, 15) is 9.90 Å². The van der Waals surface area contributed by atoms with Crippen LogP contribution in [0.4, 0.5) is 0 Å². The topological polar surface area (TPSA) is 55.1 Å². The van der Waals surface area contributed by atoms with E-state index in [0.29, 0.717) is 5.56 Å². The van der Waals surface area contributed by atoms with Crippen molar-refractivity contribution >= 4 is 21.9 Å². The number of benzene rings is 1. The smallest absolute Gasteiger partial charge is 0.336 e. The first kappa shape index (κ1) is 14.8. The molecule has 0 amide bonds. The fourth-order valence-electron chi connectivity index (χ4n) is 2.17. The minimum atomic E-state index is -0.940. The molecule has 1 aromatic heterocycles. The Hall–Kier alpha value is -1.62. The van der Waals surface area contributed by atoms with Crippen molar-refractivity contribution in [1.29, 1.82) is 0 Å². The predicted molar refractivity (Wildman–Crippen MR) is 82.0 cm³/mol. The Morgan fingerprint density at radius 1 is 1.30 bits per heavy atom. The Bertz CT molecular complexity index is 669. The Morgan fingerprint density at radius 2 is 1.95 bits per heavy atom. The van der Waals surface area contributed by atoms with Crippen LogP contribution in [0.1, 0.15) is 36.8 Å². The average molecular weight is 337 g/mol. The fraction of sp³-hybridized carbons (Fsp3) is 0.333. The summed E-state index contributed by atoms with van der Waals surface area (Å²) in [4.78, 5) is 11.5. The monoisotopic (exact) mass is 336 g/mol. The number of carboxylic acid groups (broad SMARTS) is 1. The van der Waals surface area contributed by atoms with Crippen molar-refractivity contribution < 1.29 is 9.90 Å². The summed E-state index contributed by atoms with van der Waals surface area (Å²) in [5.74, 6) is -0.940. The van der Waals surface area contributed by atoms with E-state index < -0.39 is 5.97 Å². The molecular weight excluding hydrogens is 320 g/mol. The van der Waals surface area contributed by atoms with Crippen LogP contribution in [0.3, 0.4) is 0 Å². The number of carbonyl (C=O) groups is 1. The lowest BCUT2D eigenvalue weighted by molar-refractivity contribution is 0.0697. The van der Waals surface area contributed by atoms with Gasteiger partial charge in [-0.05, 0) is 17.7 Å². The van der Waals surface area contributed by atoms with Gasteiger partial charge in [0, 0.05) is 28.7 Å². The predicted octanol–water partition coefficient (Wildman–Crippen LogP) is 3.85. The number of hydrogen-bond donors (Lipinski definition) is 1. The maximum Gasteiger partial charge on any atom is 0.336 e. The van der Waals surface area contributed by atoms with E-state index in [0.717, 1.165) is 15.7 Å². The Morgan fingerprint density at radius 3 is 2.50 bits per heavy atom. The second-order valence-corrected chi connectivity index (χ2v) is 6.73. The normalized spacial score (nSPS) is 11.7. The summed E-state index contributed by atoms with van der Waals surface area (Å²) in [5.41, 5.74) is 2.57. The summed E-state index contributed by atoms with van der Waals surface area (Å²) >= 11 is 3.32. The summed E-state index contributed by atoms with van der Waals surface area (Å²) < 4.78 is 2.48. The third-order valence-electron chi connectivity index (χ3n) is 3.04. The first-order valence-corrected chi connectivity index (χ1v) is 7.07. The van der Waals surface area contributed by atoms with Gasteiger partial charge in [-0.25, -0.2) is 4.79 Å². The Kier molecular flexibility index (Phi) is 3.73. The lowest BCUT2D eigenvalue weighted by Crippen LogP contribution is -2.14. The van der Waals surface area contributed by atoms with Crippen LogP contribution < -0.4 is 0 Å². The highest BCUT2D eigenvalue weighted by Crippen LogP contribution is 2.34. The fourth-order valence-corrected chi connectivity index (χ4v) is 2.53. The second kappa shape index (κ2) is 5.05. The summed E-state index contributed by atoms with van der Waals surface area (Å²) in [6, 6.07) is 5.29. The number of carboxylic acids is 1. The van der Waals surface area contributed by atoms with Gasteiger partial charge in [-0.2, -0.15) is 5.10 Å². The number of hydrogen-bond acceptors (Lipinski definition) is 2. The second-order valence-electron chi connectivity index (χ2n) is 5.81. The van der Waals surface area contributed by atoms with Gasteiger partial charge in [0.15, 0.2) is 0 Å². The first-order valence-electron chi connectivity index (χ1n) is 6.27. The molecule has 1 heterocycles. The van der Waals surface area contributed by atoms with Gasteiger partial charge in [0.05, 0.1) is 11.3 Å². The van der Waals surface area contributed by atoms with E-state index in [1.165, 1.54) is 0 Å². The number of aryl methyl sites for hydroxylation is 1. The van der Waals surface area contributed by atoms with Gasteiger partial charge >= 0.3 is 5.97 Å². The zero-order chi connectivity index (χ0) is 15.1. The van der Waals surface area contributed by atoms with Crippen molar-refractivity contribution in [3.63, 3.8) is 0 Å². The quantitative estimate of drug-likeness (QED) is 0.906. The van der Waals surface area contributed by atoms with Crippen LogP contribution in [0, 0.1) is 0 Å². The third-order valence-corrected chi connectivity index (χ3v) is 3.53. The SMILES string of the molecule is Cn1cc(-c2ccc(Br)cc2C(=O)O)c(C(C)(C)C)n1. The van der Waals surface area contributed by atoms with E-state index >= 15 is 0 Å². The van der Waals surface area contributed by atoms with Crippen molar-refractivity contribution in [2.24, 2.45) is 7.05 Å². The molecule has 0 aliphatic heterocycles. The molecule has 0 saturated carbocycles. The molecule has 0 atom stereocenters. The van der Waals surface area contributed by atoms with Crippen LogP contribution in [0.5, 0.6) is 0 Å². The highest BCUT2D eigenvalue weighted by Gasteiger charge is 2.25. The van der Waals surface area contributed by atoms with E-state index in [-0.39, 0.29) is 11.0 Å². The van der Waals surface area contributed by atoms with Crippen molar-refractivity contribution in [2.75, 3.05) is 0 Å². The largest absolute Gasteiger partial charge is 0.478 e. The molecule has 0 fully saturated rings. The minimum Gasteiger partial charge on any atom is -0.478 e. The third kappa shape index (κ3) is 2.77. The summed E-state index contributed by atoms with van der Waals surface area (Å²) in [7, 11) is 1.85. The molecule has 0 spiro atoms. The molecule has 0 aliphatic carbocycles. The zero-order valence-corrected chi connectivity index (χ0v) is 13.5. The van der Waals surface area contributed by atoms with Gasteiger partial charge in [0.1, 0.15) is 0 Å². The highest BCUT2D eigenvalue weighted by atomic mass is 79.9. The zero-order valence-electron chi connectivity index (χ0n) is 11.9. The molecule has 0 unspecified atom stereocenters. The van der Waals surface area contributed by atoms with Gasteiger partial charge < -0.3 is 5.11 Å². The molecule has 4 nitrogen and oxygen atoms in total. The van der Waals surface area contributed by atoms with Crippen molar-refractivity contribution in [3.05, 3.63) is 40.1 Å². The van der Waals surface area contributed by atoms with Gasteiger partial charge in [-0.15, -0.1) is 0 Å². The van der Waals surface area contributed by atoms with Gasteiger partial charge in [0.2, 0.25) is 0 Å². The lowest BCUT2D eigenvalue weighted by Gasteiger charge is -2.18. The molecular formula is C15H17BrN2O2. The molecule has 1 N–H and O–H groups in total. The van der Waals surface area contributed by atoms with Gasteiger partial charge in [-0.3, -0.25) is 4.68 Å². The molecule has 2 aromatic rings. The van der Waals surface area contributed by atoms with Crippen LogP contribution in [-0.4, -0.2) is 20.9 Å². The molecule has 0 aliphatic rings. The van der Waals surface area contributed by atoms with Crippen LogP contribution in [0.2, 0.25) is 0 Å². The van der Waals surface area contributed by atoms with Crippen LogP contribution in [-0.2, 0) is 12.5 Å². The molecule has 106 valence electrons. The summed E-state index contributed by atoms with van der Waals surface area (Å²) in [5, 5.41) is 13.9. The minimum absolute atomic E-state index is 0.153. The van der Waals surface area contributed by atoms with Crippen LogP contribution >= 0.6 is 15.9 Å². The number of aromatic carboxylic acids is 1. The van der Waals surface area contributed by atoms with Crippen molar-refractivity contribution in [1.82, 2.24) is 9.78 Å². The van der Waals surface area contributed by atoms with E-state index in [4.69, 9.17) is 0 Å². The van der Waals surface area contributed by atoms with Crippen molar-refractivity contribution in [2.45, 2.75) is 26.2 Å². The maximum absolute atomic E-state index is 11.5. The number of aromatic nitrogens is 2. The highest BCUT2D eigenvalue weighted by molar-refractivity contribution is 9.10. The van der Waals surface area contributed by atoms with Crippen LogP contribution in [0.25, 0.3) is 11.1 Å². The Balaban J connectivity index is 2.72. The van der Waals surface area contributed by atoms with E-state index in [2.05, 4.69) is 41.8 Å². The van der Waals surface area contributed by atoms with Gasteiger partial charge in [-0.1, -0.05) is 42.8 Å². The molecule has 0 radical (unpaired) electrons. The van der Waals surface area contributed by atoms with E-state index in [1.807, 2.05) is 25.4 Å². The average Bonchev–Trinajstić information content (AvgIpc) is 2.70. The molecule has 2 rings (SSSR count). The molecule has 5 heteroatoms. The maximum atomic E-state index is 11.5. The molecule has 20 heavy (non-hydrogen) atoms. The van der Waals surface area contributed by atoms with Crippen LogP contribution in [0.15, 0.2) is 28.9 Å². The number of rotatable bonds is 2. The lowest BCUT2D eigenvalue weighted by atomic mass is 9.86. The molecule has 1 aromatic carbocycles. The van der Waals surface area contributed by atoms with Gasteiger partial charge in [0.25, 0.3) is 0 Å². The number of nitrogens with zero attached hydrogens (tertiary/aromatic N) is 2. The van der Waals surface area contributed by atoms with E-state index in [1.54, 1.807) is 10.7 Å². The molecule has 0 bridgehead atoms. The first-order chi connectivity index (χ1) is 9.20. The summed E-state index contributed by atoms with van der Waals surface area (Å²) in [6.07, 6.45) is 1.87. The standard InChI is InChI=1S/C15H17BrN2O2/c1-15(2,3)13-12(8-18(4)17-13)10-6-5-9(16)7-11(10)14(19)20/h5-8H,1-4H3,(H,19,20). The Labute approximate surface area is 126 Å². The summed E-state index contributed by atoms with van der Waals surface area (Å²) in [6.45, 7) is 6.20.